The molecule has 1 heterocycles. The maximum absolute atomic E-state index is 12.6. The summed E-state index contributed by atoms with van der Waals surface area (Å²) in [5.41, 5.74) is 1.44. The summed E-state index contributed by atoms with van der Waals surface area (Å²) in [6, 6.07) is 9.02. The molecule has 1 aliphatic rings. The van der Waals surface area contributed by atoms with Crippen molar-refractivity contribution in [3.63, 3.8) is 0 Å². The van der Waals surface area contributed by atoms with E-state index in [2.05, 4.69) is 10.3 Å². The van der Waals surface area contributed by atoms with Gasteiger partial charge in [-0.05, 0) is 42.3 Å². The van der Waals surface area contributed by atoms with E-state index in [-0.39, 0.29) is 17.7 Å². The molecule has 0 aromatic heterocycles. The minimum Gasteiger partial charge on any atom is -0.493 e. The van der Waals surface area contributed by atoms with Crippen LogP contribution in [-0.4, -0.2) is 39.7 Å². The lowest BCUT2D eigenvalue weighted by molar-refractivity contribution is -0.120. The van der Waals surface area contributed by atoms with Crippen LogP contribution in [-0.2, 0) is 4.79 Å². The van der Waals surface area contributed by atoms with Crippen molar-refractivity contribution in [2.24, 2.45) is 10.9 Å². The number of hydrogen-bond acceptors (Lipinski definition) is 5. The number of amides is 2. The van der Waals surface area contributed by atoms with Gasteiger partial charge in [0, 0.05) is 12.1 Å². The minimum absolute atomic E-state index is 0.190. The summed E-state index contributed by atoms with van der Waals surface area (Å²) in [5.74, 6) is 0.387. The van der Waals surface area contributed by atoms with Crippen LogP contribution in [0.25, 0.3) is 6.08 Å². The molecule has 0 bridgehead atoms. The molecule has 7 nitrogen and oxygen atoms in total. The van der Waals surface area contributed by atoms with Gasteiger partial charge in [-0.25, -0.2) is 4.99 Å². The van der Waals surface area contributed by atoms with Gasteiger partial charge in [-0.15, -0.1) is 0 Å². The van der Waals surface area contributed by atoms with Crippen molar-refractivity contribution in [1.82, 2.24) is 5.32 Å². The number of benzene rings is 2. The summed E-state index contributed by atoms with van der Waals surface area (Å²) < 4.78 is 15.8. The maximum atomic E-state index is 12.6. The second kappa shape index (κ2) is 8.77. The molecule has 1 unspecified atom stereocenters. The maximum Gasteiger partial charge on any atom is 0.253 e. The third-order valence-electron chi connectivity index (χ3n) is 4.78. The normalized spacial score (nSPS) is 14.9. The lowest BCUT2D eigenvalue weighted by Gasteiger charge is -2.15. The number of aryl methyl sites for hydroxylation is 1. The molecule has 0 fully saturated rings. The third-order valence-corrected chi connectivity index (χ3v) is 4.78. The number of carbonyl (C=O) groups is 2. The average molecular weight is 396 g/mol. The van der Waals surface area contributed by atoms with Gasteiger partial charge in [-0.3, -0.25) is 9.59 Å². The number of hydrogen-bond donors (Lipinski definition) is 1. The van der Waals surface area contributed by atoms with Gasteiger partial charge < -0.3 is 19.5 Å². The smallest absolute Gasteiger partial charge is 0.253 e. The zero-order valence-corrected chi connectivity index (χ0v) is 16.9. The molecule has 1 atom stereocenters. The van der Waals surface area contributed by atoms with Crippen LogP contribution in [0, 0.1) is 12.8 Å². The lowest BCUT2D eigenvalue weighted by Crippen LogP contribution is -2.35. The van der Waals surface area contributed by atoms with E-state index in [0.29, 0.717) is 41.1 Å². The molecule has 2 aromatic carbocycles. The van der Waals surface area contributed by atoms with Gasteiger partial charge in [0.1, 0.15) is 0 Å². The summed E-state index contributed by atoms with van der Waals surface area (Å²) in [4.78, 5) is 29.0. The number of ether oxygens (including phenoxy) is 3. The molecule has 3 rings (SSSR count). The van der Waals surface area contributed by atoms with Crippen LogP contribution in [0.3, 0.4) is 0 Å². The van der Waals surface area contributed by atoms with Gasteiger partial charge in [0.05, 0.1) is 32.6 Å². The molecule has 2 amide bonds. The zero-order chi connectivity index (χ0) is 21.0. The Kier molecular flexibility index (Phi) is 6.16. The van der Waals surface area contributed by atoms with E-state index >= 15 is 0 Å². The molecule has 29 heavy (non-hydrogen) atoms. The Morgan fingerprint density at radius 1 is 1.07 bits per heavy atom. The van der Waals surface area contributed by atoms with E-state index in [4.69, 9.17) is 14.2 Å². The highest BCUT2D eigenvalue weighted by Crippen LogP contribution is 2.38. The Bertz CT molecular complexity index is 1040. The van der Waals surface area contributed by atoms with Gasteiger partial charge in [0.2, 0.25) is 5.75 Å². The number of carbonyl (C=O) groups excluding carboxylic acids is 2. The Morgan fingerprint density at radius 3 is 2.38 bits per heavy atom. The highest BCUT2D eigenvalue weighted by Gasteiger charge is 2.20. The largest absolute Gasteiger partial charge is 0.493 e. The van der Waals surface area contributed by atoms with Gasteiger partial charge in [-0.2, -0.15) is 0 Å². The van der Waals surface area contributed by atoms with Gasteiger partial charge in [0.15, 0.2) is 11.5 Å². The third kappa shape index (κ3) is 4.39. The van der Waals surface area contributed by atoms with Crippen LogP contribution in [0.4, 0.5) is 0 Å². The molecular weight excluding hydrogens is 372 g/mol. The Labute approximate surface area is 169 Å². The second-order valence-corrected chi connectivity index (χ2v) is 6.74. The fraction of sp³-hybridized carbons (Fsp3) is 0.318. The van der Waals surface area contributed by atoms with E-state index in [1.807, 2.05) is 31.2 Å². The van der Waals surface area contributed by atoms with Crippen LogP contribution < -0.4 is 30.1 Å². The quantitative estimate of drug-likeness (QED) is 0.765. The van der Waals surface area contributed by atoms with Crippen LogP contribution in [0.1, 0.15) is 22.3 Å². The van der Waals surface area contributed by atoms with Crippen LogP contribution in [0.5, 0.6) is 17.2 Å². The molecule has 7 heteroatoms. The summed E-state index contributed by atoms with van der Waals surface area (Å²) >= 11 is 0. The number of fused-ring (bicyclic) bond motifs is 1. The molecule has 0 spiro atoms. The number of nitrogens with zero attached hydrogens (tertiary/aromatic N) is 1. The van der Waals surface area contributed by atoms with Gasteiger partial charge in [0.25, 0.3) is 11.8 Å². The molecule has 0 saturated carbocycles. The predicted octanol–water partition coefficient (Wildman–Crippen LogP) is 1.40. The molecule has 1 aliphatic heterocycles. The fourth-order valence-corrected chi connectivity index (χ4v) is 3.24. The van der Waals surface area contributed by atoms with E-state index in [0.717, 1.165) is 10.8 Å². The van der Waals surface area contributed by atoms with E-state index in [9.17, 15) is 9.59 Å². The highest BCUT2D eigenvalue weighted by molar-refractivity contribution is 5.95. The summed E-state index contributed by atoms with van der Waals surface area (Å²) in [5, 5.41) is 4.48. The first-order chi connectivity index (χ1) is 14.0. The molecular formula is C22H24N2O5. The second-order valence-electron chi connectivity index (χ2n) is 6.74. The highest BCUT2D eigenvalue weighted by atomic mass is 16.5. The Morgan fingerprint density at radius 2 is 1.76 bits per heavy atom. The Balaban J connectivity index is 1.69. The number of nitrogens with one attached hydrogen (secondary N) is 1. The summed E-state index contributed by atoms with van der Waals surface area (Å²) in [6.07, 6.45) is 2.38. The predicted molar refractivity (Wildman–Crippen MR) is 108 cm³/mol. The first kappa shape index (κ1) is 20.4. The van der Waals surface area contributed by atoms with Crippen molar-refractivity contribution < 1.29 is 23.8 Å². The van der Waals surface area contributed by atoms with E-state index < -0.39 is 0 Å². The SMILES string of the molecule is COc1cc(C(=O)NCCC2C=c3ccc(C)cc3=NC2=O)cc(OC)c1OC. The summed E-state index contributed by atoms with van der Waals surface area (Å²) in [7, 11) is 4.49. The first-order valence-electron chi connectivity index (χ1n) is 9.26. The van der Waals surface area contributed by atoms with E-state index in [1.165, 1.54) is 21.3 Å². The lowest BCUT2D eigenvalue weighted by atomic mass is 9.99. The molecule has 2 aromatic rings. The molecule has 1 N–H and O–H groups in total. The molecule has 152 valence electrons. The van der Waals surface area contributed by atoms with Gasteiger partial charge >= 0.3 is 0 Å². The first-order valence-corrected chi connectivity index (χ1v) is 9.26. The van der Waals surface area contributed by atoms with Crippen molar-refractivity contribution in [2.75, 3.05) is 27.9 Å². The van der Waals surface area contributed by atoms with Crippen molar-refractivity contribution in [2.45, 2.75) is 13.3 Å². The average Bonchev–Trinajstić information content (AvgIpc) is 2.72. The molecule has 0 saturated heterocycles. The summed E-state index contributed by atoms with van der Waals surface area (Å²) in [6.45, 7) is 2.30. The number of methoxy groups -OCH3 is 3. The monoisotopic (exact) mass is 396 g/mol. The minimum atomic E-state index is -0.356. The van der Waals surface area contributed by atoms with Crippen molar-refractivity contribution in [3.05, 3.63) is 52.0 Å². The van der Waals surface area contributed by atoms with Crippen molar-refractivity contribution >= 4 is 17.9 Å². The van der Waals surface area contributed by atoms with Crippen LogP contribution >= 0.6 is 0 Å². The topological polar surface area (TPSA) is 86.2 Å². The van der Waals surface area contributed by atoms with Crippen molar-refractivity contribution in [3.8, 4) is 17.2 Å². The number of rotatable bonds is 7. The Hall–Kier alpha value is -3.35. The standard InChI is InChI=1S/C22H24N2O5/c1-13-5-6-14-10-15(22(26)24-17(14)9-13)7-8-23-21(25)16-11-18(27-2)20(29-4)19(12-16)28-3/h5-6,9-12,15H,7-8H2,1-4H3,(H,23,25). The molecule has 0 aliphatic carbocycles. The molecule has 0 radical (unpaired) electrons. The fourth-order valence-electron chi connectivity index (χ4n) is 3.24. The van der Waals surface area contributed by atoms with Crippen molar-refractivity contribution in [1.29, 1.82) is 0 Å². The van der Waals surface area contributed by atoms with Gasteiger partial charge in [-0.1, -0.05) is 18.2 Å². The van der Waals surface area contributed by atoms with Crippen LogP contribution in [0.2, 0.25) is 0 Å². The van der Waals surface area contributed by atoms with E-state index in [1.54, 1.807) is 12.1 Å². The zero-order valence-electron chi connectivity index (χ0n) is 16.9. The van der Waals surface area contributed by atoms with Crippen LogP contribution in [0.15, 0.2) is 35.3 Å².